The molecule has 0 aromatic heterocycles. The van der Waals surface area contributed by atoms with Crippen molar-refractivity contribution in [1.82, 2.24) is 5.09 Å². The Labute approximate surface area is 118 Å². The second kappa shape index (κ2) is 9.93. The number of nitrogens with two attached hydrogens (primary N) is 1. The van der Waals surface area contributed by atoms with E-state index in [1.165, 1.54) is 19.3 Å². The molecule has 19 heavy (non-hydrogen) atoms. The van der Waals surface area contributed by atoms with Gasteiger partial charge in [0.1, 0.15) is 0 Å². The summed E-state index contributed by atoms with van der Waals surface area (Å²) in [4.78, 5) is 0. The van der Waals surface area contributed by atoms with Crippen molar-refractivity contribution in [2.24, 2.45) is 5.73 Å². The molecule has 0 amide bonds. The molecule has 0 aromatic carbocycles. The predicted octanol–water partition coefficient (Wildman–Crippen LogP) is 3.66. The molecule has 0 spiro atoms. The van der Waals surface area contributed by atoms with Crippen molar-refractivity contribution < 1.29 is 9.09 Å². The van der Waals surface area contributed by atoms with Crippen LogP contribution in [0, 0.1) is 0 Å². The molecule has 3 N–H and O–H groups in total. The Kier molecular flexibility index (Phi) is 8.97. The van der Waals surface area contributed by atoms with Crippen LogP contribution in [0.25, 0.3) is 0 Å². The fourth-order valence-corrected chi connectivity index (χ4v) is 4.91. The van der Waals surface area contributed by atoms with E-state index in [4.69, 9.17) is 10.3 Å². The highest BCUT2D eigenvalue weighted by Crippen LogP contribution is 2.45. The molecule has 1 aliphatic carbocycles. The summed E-state index contributed by atoms with van der Waals surface area (Å²) in [5.74, 6) is 0. The van der Waals surface area contributed by atoms with Gasteiger partial charge in [-0.05, 0) is 39.2 Å². The molecule has 1 aliphatic rings. The predicted molar refractivity (Wildman–Crippen MR) is 81.6 cm³/mol. The van der Waals surface area contributed by atoms with Crippen molar-refractivity contribution in [1.29, 1.82) is 0 Å². The molecule has 1 saturated carbocycles. The molecule has 0 saturated heterocycles. The number of nitrogens with one attached hydrogen (secondary N) is 1. The van der Waals surface area contributed by atoms with Gasteiger partial charge in [-0.1, -0.05) is 32.1 Å². The summed E-state index contributed by atoms with van der Waals surface area (Å²) in [5, 5.41) is 3.33. The zero-order valence-corrected chi connectivity index (χ0v) is 13.3. The third-order valence-electron chi connectivity index (χ3n) is 3.73. The Morgan fingerprint density at radius 1 is 1.16 bits per heavy atom. The lowest BCUT2D eigenvalue weighted by atomic mass is 9.96. The van der Waals surface area contributed by atoms with Gasteiger partial charge in [0.2, 0.25) is 0 Å². The van der Waals surface area contributed by atoms with Crippen LogP contribution in [0.15, 0.2) is 0 Å². The standard InChI is InChI=1S/C14H31N2O2P/c1-2-18-19(17,13-9-4-3-8-12-15)16-14-10-6-5-7-11-14/h14H,2-13,15H2,1H3,(H,16,17). The monoisotopic (exact) mass is 290 g/mol. The molecule has 0 aromatic rings. The smallest absolute Gasteiger partial charge is 0.270 e. The third-order valence-corrected chi connectivity index (χ3v) is 6.07. The van der Waals surface area contributed by atoms with Crippen molar-refractivity contribution in [2.45, 2.75) is 70.8 Å². The summed E-state index contributed by atoms with van der Waals surface area (Å²) in [6, 6.07) is 0.398. The maximum atomic E-state index is 12.8. The molecule has 1 fully saturated rings. The van der Waals surface area contributed by atoms with Crippen LogP contribution in [0.2, 0.25) is 0 Å². The maximum Gasteiger partial charge on any atom is 0.270 e. The average Bonchev–Trinajstić information content (AvgIpc) is 2.40. The molecule has 114 valence electrons. The number of unbranched alkanes of at least 4 members (excludes halogenated alkanes) is 3. The number of hydrogen-bond acceptors (Lipinski definition) is 3. The SMILES string of the molecule is CCOP(=O)(CCCCCCN)NC1CCCCC1. The van der Waals surface area contributed by atoms with E-state index in [1.54, 1.807) is 0 Å². The molecular formula is C14H31N2O2P. The lowest BCUT2D eigenvalue weighted by molar-refractivity contribution is 0.307. The summed E-state index contributed by atoms with van der Waals surface area (Å²) in [6.07, 6.45) is 11.0. The van der Waals surface area contributed by atoms with Crippen LogP contribution in [-0.2, 0) is 9.09 Å². The highest BCUT2D eigenvalue weighted by atomic mass is 31.2. The highest BCUT2D eigenvalue weighted by molar-refractivity contribution is 7.56. The van der Waals surface area contributed by atoms with Gasteiger partial charge in [-0.15, -0.1) is 0 Å². The molecular weight excluding hydrogens is 259 g/mol. The lowest BCUT2D eigenvalue weighted by Crippen LogP contribution is -2.30. The van der Waals surface area contributed by atoms with Crippen molar-refractivity contribution in [3.8, 4) is 0 Å². The van der Waals surface area contributed by atoms with Crippen molar-refractivity contribution in [2.75, 3.05) is 19.3 Å². The minimum absolute atomic E-state index is 0.398. The molecule has 1 unspecified atom stereocenters. The summed E-state index contributed by atoms with van der Waals surface area (Å²) >= 11 is 0. The Morgan fingerprint density at radius 3 is 2.47 bits per heavy atom. The quantitative estimate of drug-likeness (QED) is 0.476. The van der Waals surface area contributed by atoms with Gasteiger partial charge in [0.25, 0.3) is 7.52 Å². The van der Waals surface area contributed by atoms with Gasteiger partial charge in [0.05, 0.1) is 6.61 Å². The van der Waals surface area contributed by atoms with Crippen LogP contribution in [0.4, 0.5) is 0 Å². The molecule has 0 bridgehead atoms. The van der Waals surface area contributed by atoms with Crippen LogP contribution in [0.5, 0.6) is 0 Å². The van der Waals surface area contributed by atoms with E-state index < -0.39 is 7.52 Å². The van der Waals surface area contributed by atoms with Crippen LogP contribution < -0.4 is 10.8 Å². The normalized spacial score (nSPS) is 20.3. The minimum atomic E-state index is -2.62. The summed E-state index contributed by atoms with van der Waals surface area (Å²) in [5.41, 5.74) is 5.48. The molecule has 1 rings (SSSR count). The first-order valence-electron chi connectivity index (χ1n) is 7.91. The van der Waals surface area contributed by atoms with E-state index >= 15 is 0 Å². The number of rotatable bonds is 10. The van der Waals surface area contributed by atoms with Crippen molar-refractivity contribution in [3.05, 3.63) is 0 Å². The second-order valence-corrected chi connectivity index (χ2v) is 7.79. The van der Waals surface area contributed by atoms with Gasteiger partial charge in [-0.3, -0.25) is 4.57 Å². The van der Waals surface area contributed by atoms with E-state index in [-0.39, 0.29) is 0 Å². The number of hydrogen-bond donors (Lipinski definition) is 2. The van der Waals surface area contributed by atoms with Gasteiger partial charge in [0.15, 0.2) is 0 Å². The van der Waals surface area contributed by atoms with Crippen molar-refractivity contribution >= 4 is 7.52 Å². The molecule has 0 aliphatic heterocycles. The molecule has 1 atom stereocenters. The van der Waals surface area contributed by atoms with Gasteiger partial charge in [-0.25, -0.2) is 5.09 Å². The van der Waals surface area contributed by atoms with Gasteiger partial charge in [-0.2, -0.15) is 0 Å². The third kappa shape index (κ3) is 7.45. The van der Waals surface area contributed by atoms with E-state index in [2.05, 4.69) is 5.09 Å². The van der Waals surface area contributed by atoms with Crippen molar-refractivity contribution in [3.63, 3.8) is 0 Å². The molecule has 0 radical (unpaired) electrons. The van der Waals surface area contributed by atoms with E-state index in [1.807, 2.05) is 6.92 Å². The van der Waals surface area contributed by atoms with E-state index in [0.29, 0.717) is 18.8 Å². The summed E-state index contributed by atoms with van der Waals surface area (Å²) < 4.78 is 18.3. The van der Waals surface area contributed by atoms with Gasteiger partial charge in [0, 0.05) is 12.2 Å². The van der Waals surface area contributed by atoms with Crippen LogP contribution in [0.3, 0.4) is 0 Å². The van der Waals surface area contributed by atoms with Crippen LogP contribution >= 0.6 is 7.52 Å². The average molecular weight is 290 g/mol. The highest BCUT2D eigenvalue weighted by Gasteiger charge is 2.26. The Bertz CT molecular complexity index is 268. The molecule has 4 nitrogen and oxygen atoms in total. The molecule has 0 heterocycles. The minimum Gasteiger partial charge on any atom is -0.330 e. The van der Waals surface area contributed by atoms with E-state index in [9.17, 15) is 4.57 Å². The first kappa shape index (κ1) is 17.2. The fraction of sp³-hybridized carbons (Fsp3) is 1.00. The first-order chi connectivity index (χ1) is 9.20. The maximum absolute atomic E-state index is 12.8. The Balaban J connectivity index is 2.32. The topological polar surface area (TPSA) is 64.3 Å². The second-order valence-electron chi connectivity index (χ2n) is 5.48. The molecule has 5 heteroatoms. The first-order valence-corrected chi connectivity index (χ1v) is 9.72. The fourth-order valence-electron chi connectivity index (χ4n) is 2.70. The summed E-state index contributed by atoms with van der Waals surface area (Å²) in [7, 11) is -2.62. The van der Waals surface area contributed by atoms with E-state index in [0.717, 1.165) is 45.1 Å². The van der Waals surface area contributed by atoms with Crippen LogP contribution in [-0.4, -0.2) is 25.4 Å². The van der Waals surface area contributed by atoms with Crippen LogP contribution in [0.1, 0.15) is 64.7 Å². The largest absolute Gasteiger partial charge is 0.330 e. The zero-order chi connectivity index (χ0) is 14.0. The zero-order valence-electron chi connectivity index (χ0n) is 12.4. The Hall–Kier alpha value is 0.110. The van der Waals surface area contributed by atoms with Gasteiger partial charge >= 0.3 is 0 Å². The van der Waals surface area contributed by atoms with Gasteiger partial charge < -0.3 is 10.3 Å². The lowest BCUT2D eigenvalue weighted by Gasteiger charge is -2.28. The Morgan fingerprint density at radius 2 is 1.84 bits per heavy atom. The summed E-state index contributed by atoms with van der Waals surface area (Å²) in [6.45, 7) is 3.20.